The highest BCUT2D eigenvalue weighted by Crippen LogP contribution is 2.32. The zero-order chi connectivity index (χ0) is 16.3. The minimum Gasteiger partial charge on any atom is -0.390 e. The Morgan fingerprint density at radius 3 is 2.43 bits per heavy atom. The summed E-state index contributed by atoms with van der Waals surface area (Å²) >= 11 is 0. The zero-order valence-corrected chi connectivity index (χ0v) is 15.1. The average molecular weight is 348 g/mol. The Bertz CT molecular complexity index is 425. The van der Waals surface area contributed by atoms with Gasteiger partial charge in [-0.3, -0.25) is 9.59 Å². The van der Waals surface area contributed by atoms with Crippen molar-refractivity contribution in [3.05, 3.63) is 0 Å². The number of unbranched alkanes of at least 4 members (excludes halogenated alkanes) is 1. The van der Waals surface area contributed by atoms with Crippen LogP contribution in [0.3, 0.4) is 0 Å². The second-order valence-corrected chi connectivity index (χ2v) is 6.81. The lowest BCUT2D eigenvalue weighted by atomic mass is 9.81. The molecule has 6 nitrogen and oxygen atoms in total. The first-order chi connectivity index (χ1) is 10.4. The number of nitrogens with zero attached hydrogens (tertiary/aromatic N) is 1. The van der Waals surface area contributed by atoms with E-state index >= 15 is 0 Å². The molecule has 0 bridgehead atoms. The molecule has 2 amide bonds. The summed E-state index contributed by atoms with van der Waals surface area (Å²) < 4.78 is 0. The average Bonchev–Trinajstić information content (AvgIpc) is 2.51. The van der Waals surface area contributed by atoms with Crippen LogP contribution in [0.5, 0.6) is 0 Å². The predicted molar refractivity (Wildman–Crippen MR) is 91.5 cm³/mol. The zero-order valence-electron chi connectivity index (χ0n) is 14.3. The lowest BCUT2D eigenvalue weighted by Gasteiger charge is -2.51. The number of aliphatic hydroxyl groups excluding tert-OH is 1. The number of hydrogen-bond acceptors (Lipinski definition) is 4. The van der Waals surface area contributed by atoms with Gasteiger partial charge in [0, 0.05) is 6.54 Å². The van der Waals surface area contributed by atoms with E-state index in [4.69, 9.17) is 0 Å². The van der Waals surface area contributed by atoms with Gasteiger partial charge in [0.1, 0.15) is 11.6 Å². The van der Waals surface area contributed by atoms with Crippen LogP contribution in [0.4, 0.5) is 0 Å². The van der Waals surface area contributed by atoms with Crippen molar-refractivity contribution in [2.24, 2.45) is 5.92 Å². The number of hydrogen-bond donors (Lipinski definition) is 3. The molecule has 0 aromatic rings. The molecule has 23 heavy (non-hydrogen) atoms. The van der Waals surface area contributed by atoms with E-state index in [2.05, 4.69) is 17.6 Å². The molecule has 3 N–H and O–H groups in total. The van der Waals surface area contributed by atoms with Crippen molar-refractivity contribution in [3.8, 4) is 0 Å². The largest absolute Gasteiger partial charge is 0.390 e. The second kappa shape index (κ2) is 8.31. The Morgan fingerprint density at radius 2 is 1.91 bits per heavy atom. The highest BCUT2D eigenvalue weighted by molar-refractivity contribution is 6.00. The first kappa shape index (κ1) is 20.2. The van der Waals surface area contributed by atoms with E-state index in [-0.39, 0.29) is 30.1 Å². The number of rotatable bonds is 5. The molecule has 7 heteroatoms. The number of amides is 2. The van der Waals surface area contributed by atoms with Gasteiger partial charge in [0.25, 0.3) is 0 Å². The molecule has 2 rings (SSSR count). The minimum absolute atomic E-state index is 0. The van der Waals surface area contributed by atoms with E-state index in [0.29, 0.717) is 19.4 Å². The van der Waals surface area contributed by atoms with Gasteiger partial charge in [-0.1, -0.05) is 27.2 Å². The normalized spacial score (nSPS) is 25.3. The molecule has 0 radical (unpaired) electrons. The maximum absolute atomic E-state index is 12.9. The lowest BCUT2D eigenvalue weighted by Crippen LogP contribution is -2.74. The fourth-order valence-corrected chi connectivity index (χ4v) is 3.43. The summed E-state index contributed by atoms with van der Waals surface area (Å²) in [5.74, 6) is -0.310. The number of halogens is 1. The van der Waals surface area contributed by atoms with Gasteiger partial charge in [0.05, 0.1) is 6.10 Å². The van der Waals surface area contributed by atoms with Crippen LogP contribution in [0, 0.1) is 5.92 Å². The van der Waals surface area contributed by atoms with Crippen LogP contribution in [-0.2, 0) is 9.59 Å². The summed E-state index contributed by atoms with van der Waals surface area (Å²) in [4.78, 5) is 27.5. The van der Waals surface area contributed by atoms with Crippen molar-refractivity contribution < 1.29 is 14.7 Å². The lowest BCUT2D eigenvalue weighted by molar-refractivity contribution is -0.163. The molecule has 0 unspecified atom stereocenters. The Labute approximate surface area is 144 Å². The first-order valence-electron chi connectivity index (χ1n) is 8.45. The van der Waals surface area contributed by atoms with Crippen molar-refractivity contribution in [1.29, 1.82) is 0 Å². The number of carbonyl (C=O) groups excluding carboxylic acids is 2. The van der Waals surface area contributed by atoms with Crippen LogP contribution >= 0.6 is 12.4 Å². The molecular weight excluding hydrogens is 318 g/mol. The van der Waals surface area contributed by atoms with E-state index in [0.717, 1.165) is 25.9 Å². The molecule has 2 atom stereocenters. The Hall–Kier alpha value is -0.850. The quantitative estimate of drug-likeness (QED) is 0.683. The summed E-state index contributed by atoms with van der Waals surface area (Å²) in [5, 5.41) is 16.4. The van der Waals surface area contributed by atoms with Gasteiger partial charge in [0.15, 0.2) is 0 Å². The van der Waals surface area contributed by atoms with E-state index in [1.165, 1.54) is 0 Å². The molecular formula is C16H30ClN3O3. The number of nitrogens with one attached hydrogen (secondary N) is 2. The minimum atomic E-state index is -0.848. The van der Waals surface area contributed by atoms with Crippen molar-refractivity contribution in [1.82, 2.24) is 15.5 Å². The maximum atomic E-state index is 12.9. The van der Waals surface area contributed by atoms with Crippen molar-refractivity contribution in [3.63, 3.8) is 0 Å². The molecule has 2 saturated heterocycles. The third kappa shape index (κ3) is 3.80. The molecule has 2 aliphatic heterocycles. The highest BCUT2D eigenvalue weighted by Gasteiger charge is 2.53. The van der Waals surface area contributed by atoms with Crippen LogP contribution in [0.1, 0.15) is 46.5 Å². The molecule has 2 aliphatic rings. The van der Waals surface area contributed by atoms with Gasteiger partial charge < -0.3 is 20.6 Å². The summed E-state index contributed by atoms with van der Waals surface area (Å²) in [6, 6.07) is -0.815. The third-order valence-corrected chi connectivity index (χ3v) is 4.95. The number of piperidine rings is 1. The molecule has 0 aliphatic carbocycles. The molecule has 0 saturated carbocycles. The fourth-order valence-electron chi connectivity index (χ4n) is 3.43. The van der Waals surface area contributed by atoms with Crippen LogP contribution < -0.4 is 10.6 Å². The van der Waals surface area contributed by atoms with Gasteiger partial charge >= 0.3 is 0 Å². The van der Waals surface area contributed by atoms with Crippen molar-refractivity contribution in [2.75, 3.05) is 19.6 Å². The van der Waals surface area contributed by atoms with E-state index < -0.39 is 17.7 Å². The molecule has 2 heterocycles. The monoisotopic (exact) mass is 347 g/mol. The van der Waals surface area contributed by atoms with Crippen molar-refractivity contribution in [2.45, 2.75) is 64.1 Å². The first-order valence-corrected chi connectivity index (χ1v) is 8.45. The Morgan fingerprint density at radius 1 is 1.30 bits per heavy atom. The molecule has 2 fully saturated rings. The van der Waals surface area contributed by atoms with Crippen LogP contribution in [0.25, 0.3) is 0 Å². The molecule has 1 spiro atoms. The summed E-state index contributed by atoms with van der Waals surface area (Å²) in [5.41, 5.74) is -0.731. The topological polar surface area (TPSA) is 81.7 Å². The van der Waals surface area contributed by atoms with Gasteiger partial charge in [-0.25, -0.2) is 0 Å². The highest BCUT2D eigenvalue weighted by atomic mass is 35.5. The molecule has 0 aromatic heterocycles. The maximum Gasteiger partial charge on any atom is 0.248 e. The number of piperazine rings is 1. The summed E-state index contributed by atoms with van der Waals surface area (Å²) in [7, 11) is 0. The summed E-state index contributed by atoms with van der Waals surface area (Å²) in [6.07, 6.45) is 2.27. The van der Waals surface area contributed by atoms with E-state index in [1.807, 2.05) is 13.8 Å². The smallest absolute Gasteiger partial charge is 0.248 e. The second-order valence-electron chi connectivity index (χ2n) is 6.81. The predicted octanol–water partition coefficient (Wildman–Crippen LogP) is 0.674. The van der Waals surface area contributed by atoms with Crippen LogP contribution in [-0.4, -0.2) is 59.1 Å². The number of aliphatic hydroxyl groups is 1. The third-order valence-electron chi connectivity index (χ3n) is 4.95. The van der Waals surface area contributed by atoms with Gasteiger partial charge in [-0.2, -0.15) is 0 Å². The fraction of sp³-hybridized carbons (Fsp3) is 0.875. The van der Waals surface area contributed by atoms with Crippen LogP contribution in [0.15, 0.2) is 0 Å². The molecule has 134 valence electrons. The standard InChI is InChI=1S/C16H29N3O3.ClH/c1-4-5-10-19-14(21)12(13(20)11(2)3)18-15(22)16(19)6-8-17-9-7-16;/h11-13,17,20H,4-10H2,1-3H3,(H,18,22);1H/t12-,13+;/m1./s1. The van der Waals surface area contributed by atoms with Crippen LogP contribution in [0.2, 0.25) is 0 Å². The van der Waals surface area contributed by atoms with Gasteiger partial charge in [0.2, 0.25) is 11.8 Å². The Balaban J connectivity index is 0.00000264. The molecule has 0 aromatic carbocycles. The Kier molecular flexibility index (Phi) is 7.29. The summed E-state index contributed by atoms with van der Waals surface area (Å²) in [6.45, 7) is 7.85. The number of carbonyl (C=O) groups is 2. The van der Waals surface area contributed by atoms with Gasteiger partial charge in [-0.05, 0) is 38.3 Å². The van der Waals surface area contributed by atoms with Crippen molar-refractivity contribution >= 4 is 24.2 Å². The van der Waals surface area contributed by atoms with E-state index in [9.17, 15) is 14.7 Å². The van der Waals surface area contributed by atoms with E-state index in [1.54, 1.807) is 4.90 Å². The SMILES string of the molecule is CCCCN1C(=O)[C@@H]([C@@H](O)C(C)C)NC(=O)C12CCNCC2.Cl. The van der Waals surface area contributed by atoms with Gasteiger partial charge in [-0.15, -0.1) is 12.4 Å².